The summed E-state index contributed by atoms with van der Waals surface area (Å²) in [4.78, 5) is 11.2. The van der Waals surface area contributed by atoms with Gasteiger partial charge in [0.15, 0.2) is 11.5 Å². The second-order valence-corrected chi connectivity index (χ2v) is 7.10. The highest BCUT2D eigenvalue weighted by atomic mass is 35.5. The smallest absolute Gasteiger partial charge is 0.459 e. The number of carboxylic acid groups (broad SMARTS) is 1. The van der Waals surface area contributed by atoms with Gasteiger partial charge < -0.3 is 5.11 Å². The summed E-state index contributed by atoms with van der Waals surface area (Å²) in [6.07, 6.45) is -11.3. The molecule has 3 aromatic rings. The van der Waals surface area contributed by atoms with Crippen molar-refractivity contribution in [2.24, 2.45) is 7.05 Å². The summed E-state index contributed by atoms with van der Waals surface area (Å²) < 4.78 is 107. The number of carboxylic acids is 1. The molecule has 33 heavy (non-hydrogen) atoms. The van der Waals surface area contributed by atoms with Crippen LogP contribution in [-0.2, 0) is 25.6 Å². The molecule has 16 heteroatoms. The maximum atomic E-state index is 13.8. The lowest BCUT2D eigenvalue weighted by Gasteiger charge is -2.19. The maximum Gasteiger partial charge on any atom is 0.459 e. The van der Waals surface area contributed by atoms with Gasteiger partial charge in [0.2, 0.25) is 0 Å². The van der Waals surface area contributed by atoms with Crippen molar-refractivity contribution in [3.8, 4) is 5.82 Å². The summed E-state index contributed by atoms with van der Waals surface area (Å²) in [7, 11) is 0.736. The Morgan fingerprint density at radius 1 is 1.12 bits per heavy atom. The zero-order chi connectivity index (χ0) is 24.9. The van der Waals surface area contributed by atoms with Crippen LogP contribution >= 0.6 is 11.6 Å². The minimum Gasteiger partial charge on any atom is -0.478 e. The number of aryl methyl sites for hydroxylation is 1. The van der Waals surface area contributed by atoms with E-state index in [0.717, 1.165) is 13.2 Å². The first-order valence-electron chi connectivity index (χ1n) is 8.56. The molecule has 7 nitrogen and oxygen atoms in total. The van der Waals surface area contributed by atoms with Crippen molar-refractivity contribution < 1.29 is 45.0 Å². The van der Waals surface area contributed by atoms with Gasteiger partial charge in [0.25, 0.3) is 0 Å². The summed E-state index contributed by atoms with van der Waals surface area (Å²) in [5, 5.41) is 18.8. The number of aromatic nitrogens is 5. The largest absolute Gasteiger partial charge is 0.478 e. The fraction of sp³-hybridized carbons (Fsp3) is 0.294. The molecule has 1 N–H and O–H groups in total. The fourth-order valence-electron chi connectivity index (χ4n) is 2.93. The van der Waals surface area contributed by atoms with Gasteiger partial charge in [0, 0.05) is 13.5 Å². The van der Waals surface area contributed by atoms with Crippen LogP contribution in [0.25, 0.3) is 5.82 Å². The molecule has 0 amide bonds. The third-order valence-electron chi connectivity index (χ3n) is 4.36. The number of rotatable bonds is 5. The molecule has 0 bridgehead atoms. The lowest BCUT2D eigenvalue weighted by Crippen LogP contribution is -2.36. The first kappa shape index (κ1) is 24.4. The predicted molar refractivity (Wildman–Crippen MR) is 94.3 cm³/mol. The number of nitrogens with zero attached hydrogens (tertiary/aromatic N) is 5. The first-order chi connectivity index (χ1) is 15.0. The average Bonchev–Trinajstić information content (AvgIpc) is 3.26. The summed E-state index contributed by atoms with van der Waals surface area (Å²) in [5.74, 6) is -8.45. The van der Waals surface area contributed by atoms with Gasteiger partial charge in [-0.25, -0.2) is 14.2 Å². The normalized spacial score (nSPS) is 12.9. The molecule has 0 aliphatic heterocycles. The number of hydrogen-bond donors (Lipinski definition) is 1. The van der Waals surface area contributed by atoms with E-state index in [2.05, 4.69) is 15.4 Å². The number of halogens is 9. The van der Waals surface area contributed by atoms with Crippen molar-refractivity contribution in [3.63, 3.8) is 0 Å². The molecule has 0 fully saturated rings. The highest BCUT2D eigenvalue weighted by Gasteiger charge is 2.64. The Bertz CT molecular complexity index is 1220. The Morgan fingerprint density at radius 3 is 2.30 bits per heavy atom. The fourth-order valence-corrected chi connectivity index (χ4v) is 3.13. The summed E-state index contributed by atoms with van der Waals surface area (Å²) in [6, 6.07) is 3.84. The minimum atomic E-state index is -6.33. The van der Waals surface area contributed by atoms with Crippen LogP contribution in [0, 0.1) is 0 Å². The Labute approximate surface area is 183 Å². The molecule has 0 aliphatic carbocycles. The molecule has 0 saturated heterocycles. The Kier molecular flexibility index (Phi) is 5.89. The van der Waals surface area contributed by atoms with Crippen LogP contribution in [0.15, 0.2) is 24.4 Å². The molecule has 0 atom stereocenters. The number of benzene rings is 1. The SMILES string of the molecule is Cn1nc(C(F)(F)C(F)(F)F)c(C(F)(F)F)c1-n1cc(Cc2ccc(Cl)c(C(=O)O)c2)nn1. The Morgan fingerprint density at radius 2 is 1.76 bits per heavy atom. The van der Waals surface area contributed by atoms with Crippen LogP contribution in [0.5, 0.6) is 0 Å². The van der Waals surface area contributed by atoms with Crippen molar-refractivity contribution >= 4 is 17.6 Å². The third-order valence-corrected chi connectivity index (χ3v) is 4.69. The van der Waals surface area contributed by atoms with E-state index < -0.39 is 41.3 Å². The van der Waals surface area contributed by atoms with Gasteiger partial charge in [-0.2, -0.15) is 40.2 Å². The molecule has 0 aliphatic rings. The first-order valence-corrected chi connectivity index (χ1v) is 8.94. The zero-order valence-corrected chi connectivity index (χ0v) is 16.8. The quantitative estimate of drug-likeness (QED) is 0.514. The number of hydrogen-bond acceptors (Lipinski definition) is 4. The summed E-state index contributed by atoms with van der Waals surface area (Å²) in [6.45, 7) is 0. The average molecular weight is 504 g/mol. The van der Waals surface area contributed by atoms with Crippen molar-refractivity contribution in [1.82, 2.24) is 24.8 Å². The molecule has 1 aromatic carbocycles. The van der Waals surface area contributed by atoms with Crippen LogP contribution < -0.4 is 0 Å². The summed E-state index contributed by atoms with van der Waals surface area (Å²) >= 11 is 5.76. The van der Waals surface area contributed by atoms with E-state index in [9.17, 15) is 39.9 Å². The van der Waals surface area contributed by atoms with Gasteiger partial charge in [-0.3, -0.25) is 0 Å². The maximum absolute atomic E-state index is 13.8. The number of aromatic carboxylic acids is 1. The van der Waals surface area contributed by atoms with E-state index >= 15 is 0 Å². The Balaban J connectivity index is 2.07. The molecule has 178 valence electrons. The molecular formula is C17H10ClF8N5O2. The van der Waals surface area contributed by atoms with Gasteiger partial charge in [0.1, 0.15) is 5.56 Å². The van der Waals surface area contributed by atoms with E-state index in [1.54, 1.807) is 0 Å². The number of alkyl halides is 8. The van der Waals surface area contributed by atoms with Crippen LogP contribution in [0.3, 0.4) is 0 Å². The van der Waals surface area contributed by atoms with Crippen molar-refractivity contribution in [2.75, 3.05) is 0 Å². The molecule has 3 rings (SSSR count). The van der Waals surface area contributed by atoms with Crippen molar-refractivity contribution in [1.29, 1.82) is 0 Å². The van der Waals surface area contributed by atoms with Crippen LogP contribution in [-0.4, -0.2) is 42.0 Å². The van der Waals surface area contributed by atoms with Gasteiger partial charge in [-0.05, 0) is 17.7 Å². The van der Waals surface area contributed by atoms with Gasteiger partial charge >= 0.3 is 24.2 Å². The van der Waals surface area contributed by atoms with Crippen LogP contribution in [0.2, 0.25) is 5.02 Å². The highest BCUT2D eigenvalue weighted by molar-refractivity contribution is 6.33. The van der Waals surface area contributed by atoms with Crippen molar-refractivity contribution in [3.05, 3.63) is 57.5 Å². The van der Waals surface area contributed by atoms with Gasteiger partial charge in [-0.15, -0.1) is 5.10 Å². The van der Waals surface area contributed by atoms with Crippen molar-refractivity contribution in [2.45, 2.75) is 24.7 Å². The van der Waals surface area contributed by atoms with E-state index in [4.69, 9.17) is 16.7 Å². The van der Waals surface area contributed by atoms with E-state index in [0.29, 0.717) is 10.2 Å². The Hall–Kier alpha value is -3.23. The molecule has 0 saturated carbocycles. The van der Waals surface area contributed by atoms with E-state index in [1.165, 1.54) is 18.2 Å². The van der Waals surface area contributed by atoms with Crippen LogP contribution in [0.4, 0.5) is 35.1 Å². The summed E-state index contributed by atoms with van der Waals surface area (Å²) in [5.41, 5.74) is -4.85. The molecule has 0 radical (unpaired) electrons. The third kappa shape index (κ3) is 4.49. The van der Waals surface area contributed by atoms with Gasteiger partial charge in [-0.1, -0.05) is 22.9 Å². The lowest BCUT2D eigenvalue weighted by molar-refractivity contribution is -0.292. The molecule has 2 aromatic heterocycles. The molecule has 0 unspecified atom stereocenters. The second-order valence-electron chi connectivity index (χ2n) is 6.69. The molecule has 0 spiro atoms. The minimum absolute atomic E-state index is 0.0490. The molecule has 2 heterocycles. The van der Waals surface area contributed by atoms with E-state index in [-0.39, 0.29) is 27.4 Å². The number of carbonyl (C=O) groups is 1. The standard InChI is InChI=1S/C17H10ClF8N5O2/c1-30-13(11(16(21,22)23)12(28-30)15(19,20)17(24,25)26)31-6-8(27-29-31)4-7-2-3-10(18)9(5-7)14(32)33/h2-3,5-6H,4H2,1H3,(H,32,33). The van der Waals surface area contributed by atoms with E-state index in [1.807, 2.05) is 0 Å². The topological polar surface area (TPSA) is 85.8 Å². The highest BCUT2D eigenvalue weighted by Crippen LogP contribution is 2.49. The van der Waals surface area contributed by atoms with Gasteiger partial charge in [0.05, 0.1) is 22.5 Å². The predicted octanol–water partition coefficient (Wildman–Crippen LogP) is 4.62. The monoisotopic (exact) mass is 503 g/mol. The lowest BCUT2D eigenvalue weighted by atomic mass is 10.1. The van der Waals surface area contributed by atoms with Crippen LogP contribution in [0.1, 0.15) is 32.9 Å². The second kappa shape index (κ2) is 7.97. The molecular weight excluding hydrogens is 494 g/mol. The zero-order valence-electron chi connectivity index (χ0n) is 16.0.